The third-order valence-electron chi connectivity index (χ3n) is 4.86. The first kappa shape index (κ1) is 18.7. The van der Waals surface area contributed by atoms with Gasteiger partial charge in [0.1, 0.15) is 11.3 Å². The van der Waals surface area contributed by atoms with E-state index in [0.29, 0.717) is 11.5 Å². The second-order valence-corrected chi connectivity index (χ2v) is 7.83. The first-order valence-corrected chi connectivity index (χ1v) is 10.5. The van der Waals surface area contributed by atoms with Gasteiger partial charge >= 0.3 is 0 Å². The van der Waals surface area contributed by atoms with E-state index < -0.39 is 11.5 Å². The number of furan rings is 1. The average Bonchev–Trinajstić information content (AvgIpc) is 3.29. The van der Waals surface area contributed by atoms with Crippen molar-refractivity contribution in [3.05, 3.63) is 46.3 Å². The van der Waals surface area contributed by atoms with Crippen molar-refractivity contribution in [2.24, 2.45) is 0 Å². The molecule has 0 spiro atoms. The van der Waals surface area contributed by atoms with Crippen LogP contribution in [0.15, 0.2) is 33.8 Å². The van der Waals surface area contributed by atoms with E-state index in [2.05, 4.69) is 20.3 Å². The van der Waals surface area contributed by atoms with Crippen LogP contribution in [0.2, 0.25) is 0 Å². The van der Waals surface area contributed by atoms with Gasteiger partial charge in [0.05, 0.1) is 6.26 Å². The van der Waals surface area contributed by atoms with Crippen LogP contribution in [0, 0.1) is 0 Å². The molecule has 0 bridgehead atoms. The summed E-state index contributed by atoms with van der Waals surface area (Å²) in [4.78, 5) is 32.1. The Morgan fingerprint density at radius 1 is 1.25 bits per heavy atom. The highest BCUT2D eigenvalue weighted by Crippen LogP contribution is 2.24. The highest BCUT2D eigenvalue weighted by atomic mass is 32.1. The Morgan fingerprint density at radius 2 is 2.07 bits per heavy atom. The van der Waals surface area contributed by atoms with E-state index in [1.807, 2.05) is 12.1 Å². The Hall–Kier alpha value is -2.68. The summed E-state index contributed by atoms with van der Waals surface area (Å²) in [7, 11) is 0. The van der Waals surface area contributed by atoms with E-state index in [1.165, 1.54) is 34.9 Å². The average molecular weight is 401 g/mol. The molecule has 3 aromatic rings. The summed E-state index contributed by atoms with van der Waals surface area (Å²) in [5.41, 5.74) is -0.408. The van der Waals surface area contributed by atoms with Crippen LogP contribution in [-0.4, -0.2) is 40.1 Å². The van der Waals surface area contributed by atoms with Gasteiger partial charge in [0, 0.05) is 32.3 Å². The number of hydrogen-bond acceptors (Lipinski definition) is 7. The number of rotatable bonds is 6. The van der Waals surface area contributed by atoms with E-state index in [0.717, 1.165) is 49.7 Å². The Bertz CT molecular complexity index is 987. The van der Waals surface area contributed by atoms with Crippen molar-refractivity contribution in [2.75, 3.05) is 24.5 Å². The van der Waals surface area contributed by atoms with E-state index in [4.69, 9.17) is 4.42 Å². The van der Waals surface area contributed by atoms with Gasteiger partial charge in [-0.05, 0) is 31.4 Å². The zero-order chi connectivity index (χ0) is 19.3. The number of anilines is 1. The molecule has 4 rings (SSSR count). The van der Waals surface area contributed by atoms with Gasteiger partial charge in [-0.3, -0.25) is 9.59 Å². The topological polar surface area (TPSA) is 92.7 Å². The smallest absolute Gasteiger partial charge is 0.288 e. The Kier molecular flexibility index (Phi) is 5.70. The highest BCUT2D eigenvalue weighted by molar-refractivity contribution is 7.20. The fourth-order valence-corrected chi connectivity index (χ4v) is 4.25. The number of hydrogen-bond donors (Lipinski definition) is 1. The minimum absolute atomic E-state index is 0.0169. The minimum Gasteiger partial charge on any atom is -0.469 e. The predicted molar refractivity (Wildman–Crippen MR) is 107 cm³/mol. The molecule has 1 fully saturated rings. The predicted octanol–water partition coefficient (Wildman–Crippen LogP) is 2.49. The van der Waals surface area contributed by atoms with Crippen LogP contribution in [-0.2, 0) is 6.42 Å². The lowest BCUT2D eigenvalue weighted by Crippen LogP contribution is -2.32. The molecular weight excluding hydrogens is 378 g/mol. The Morgan fingerprint density at radius 3 is 2.82 bits per heavy atom. The molecule has 28 heavy (non-hydrogen) atoms. The fourth-order valence-electron chi connectivity index (χ4n) is 3.34. The summed E-state index contributed by atoms with van der Waals surface area (Å²) in [6.45, 7) is 2.34. The summed E-state index contributed by atoms with van der Waals surface area (Å²) < 4.78 is 6.52. The van der Waals surface area contributed by atoms with Crippen LogP contribution in [0.4, 0.5) is 5.13 Å². The summed E-state index contributed by atoms with van der Waals surface area (Å²) >= 11 is 1.39. The second-order valence-electron chi connectivity index (χ2n) is 6.90. The number of amides is 1. The van der Waals surface area contributed by atoms with Gasteiger partial charge in [-0.15, -0.1) is 5.10 Å². The summed E-state index contributed by atoms with van der Waals surface area (Å²) in [5, 5.41) is 8.02. The molecule has 148 valence electrons. The van der Waals surface area contributed by atoms with Crippen molar-refractivity contribution in [1.82, 2.24) is 19.9 Å². The van der Waals surface area contributed by atoms with Crippen molar-refractivity contribution in [1.29, 1.82) is 0 Å². The summed E-state index contributed by atoms with van der Waals surface area (Å²) in [5.74, 6) is 0.455. The molecule has 8 nitrogen and oxygen atoms in total. The molecular formula is C19H23N5O3S. The van der Waals surface area contributed by atoms with Crippen molar-refractivity contribution in [3.8, 4) is 0 Å². The zero-order valence-corrected chi connectivity index (χ0v) is 16.4. The summed E-state index contributed by atoms with van der Waals surface area (Å²) in [6.07, 6.45) is 9.15. The molecule has 4 heterocycles. The van der Waals surface area contributed by atoms with Gasteiger partial charge in [-0.2, -0.15) is 4.52 Å². The molecule has 0 aliphatic carbocycles. The molecule has 0 atom stereocenters. The highest BCUT2D eigenvalue weighted by Gasteiger charge is 2.19. The van der Waals surface area contributed by atoms with Crippen molar-refractivity contribution < 1.29 is 9.21 Å². The normalized spacial score (nSPS) is 14.9. The molecule has 1 aliphatic rings. The number of nitrogens with one attached hydrogen (secondary N) is 1. The molecule has 1 N–H and O–H groups in total. The minimum atomic E-state index is -0.425. The van der Waals surface area contributed by atoms with Crippen molar-refractivity contribution in [3.63, 3.8) is 0 Å². The number of aromatic nitrogens is 3. The van der Waals surface area contributed by atoms with E-state index in [9.17, 15) is 9.59 Å². The first-order chi connectivity index (χ1) is 13.7. The molecule has 0 radical (unpaired) electrons. The standard InChI is InChI=1S/C19H23N5O3S/c25-16(20-9-5-7-14-8-6-12-27-14)15-13-21-18-24(17(15)26)22-19(28-18)23-10-3-1-2-4-11-23/h6,8,12-13H,1-5,7,9-11H2,(H,20,25). The lowest BCUT2D eigenvalue weighted by atomic mass is 10.2. The quantitative estimate of drug-likeness (QED) is 0.638. The summed E-state index contributed by atoms with van der Waals surface area (Å²) in [6, 6.07) is 3.74. The SMILES string of the molecule is O=C(NCCCc1ccco1)c1cnc2sc(N3CCCCCC3)nn2c1=O. The molecule has 1 amide bonds. The molecule has 0 saturated carbocycles. The van der Waals surface area contributed by atoms with Crippen LogP contribution in [0.1, 0.15) is 48.2 Å². The van der Waals surface area contributed by atoms with E-state index in [-0.39, 0.29) is 5.56 Å². The van der Waals surface area contributed by atoms with Crippen LogP contribution >= 0.6 is 11.3 Å². The second kappa shape index (κ2) is 8.55. The van der Waals surface area contributed by atoms with Gasteiger partial charge in [0.25, 0.3) is 11.5 Å². The number of aryl methyl sites for hydroxylation is 1. The number of nitrogens with zero attached hydrogens (tertiary/aromatic N) is 4. The lowest BCUT2D eigenvalue weighted by Gasteiger charge is -2.17. The Labute approximate surface area is 166 Å². The van der Waals surface area contributed by atoms with E-state index >= 15 is 0 Å². The molecule has 0 unspecified atom stereocenters. The van der Waals surface area contributed by atoms with Gasteiger partial charge in [0.15, 0.2) is 0 Å². The fraction of sp³-hybridized carbons (Fsp3) is 0.474. The van der Waals surface area contributed by atoms with E-state index in [1.54, 1.807) is 6.26 Å². The molecule has 1 saturated heterocycles. The first-order valence-electron chi connectivity index (χ1n) is 9.67. The van der Waals surface area contributed by atoms with Crippen molar-refractivity contribution in [2.45, 2.75) is 38.5 Å². The molecule has 3 aromatic heterocycles. The number of fused-ring (bicyclic) bond motifs is 1. The van der Waals surface area contributed by atoms with Crippen molar-refractivity contribution >= 4 is 27.3 Å². The van der Waals surface area contributed by atoms with Crippen LogP contribution in [0.5, 0.6) is 0 Å². The zero-order valence-electron chi connectivity index (χ0n) is 15.6. The lowest BCUT2D eigenvalue weighted by molar-refractivity contribution is 0.0951. The van der Waals surface area contributed by atoms with Crippen LogP contribution in [0.3, 0.4) is 0 Å². The maximum absolute atomic E-state index is 12.7. The van der Waals surface area contributed by atoms with Gasteiger partial charge in [-0.1, -0.05) is 24.2 Å². The van der Waals surface area contributed by atoms with Gasteiger partial charge in [-0.25, -0.2) is 4.98 Å². The van der Waals surface area contributed by atoms with Gasteiger partial charge < -0.3 is 14.6 Å². The third kappa shape index (κ3) is 4.09. The number of carbonyl (C=O) groups is 1. The largest absolute Gasteiger partial charge is 0.469 e. The number of carbonyl (C=O) groups excluding carboxylic acids is 1. The van der Waals surface area contributed by atoms with Crippen LogP contribution in [0.25, 0.3) is 4.96 Å². The maximum Gasteiger partial charge on any atom is 0.288 e. The molecule has 9 heteroatoms. The third-order valence-corrected chi connectivity index (χ3v) is 5.85. The monoisotopic (exact) mass is 401 g/mol. The Balaban J connectivity index is 1.44. The van der Waals surface area contributed by atoms with Gasteiger partial charge in [0.2, 0.25) is 10.1 Å². The molecule has 0 aromatic carbocycles. The molecule has 1 aliphatic heterocycles. The van der Waals surface area contributed by atoms with Crippen LogP contribution < -0.4 is 15.8 Å². The maximum atomic E-state index is 12.7.